The highest BCUT2D eigenvalue weighted by Crippen LogP contribution is 2.28. The van der Waals surface area contributed by atoms with Gasteiger partial charge in [-0.25, -0.2) is 13.1 Å². The van der Waals surface area contributed by atoms with Gasteiger partial charge in [0.1, 0.15) is 4.90 Å². The summed E-state index contributed by atoms with van der Waals surface area (Å²) in [5.41, 5.74) is 1.61. The van der Waals surface area contributed by atoms with Crippen LogP contribution in [0.15, 0.2) is 47.4 Å². The maximum absolute atomic E-state index is 12.3. The highest BCUT2D eigenvalue weighted by molar-refractivity contribution is 7.89. The molecule has 0 saturated carbocycles. The number of sulfonamides is 1. The molecule has 0 radical (unpaired) electrons. The number of nitrogens with one attached hydrogen (secondary N) is 2. The number of hydrogen-bond donors (Lipinski definition) is 2. The van der Waals surface area contributed by atoms with Gasteiger partial charge in [-0.1, -0.05) is 54.4 Å². The predicted molar refractivity (Wildman–Crippen MR) is 112 cm³/mol. The minimum absolute atomic E-state index is 0.0309. The average molecular weight is 459 g/mol. The Hall–Kier alpha value is -2.13. The van der Waals surface area contributed by atoms with Gasteiger partial charge in [-0.15, -0.1) is 0 Å². The first-order valence-electron chi connectivity index (χ1n) is 8.71. The largest absolute Gasteiger partial charge is 0.456 e. The summed E-state index contributed by atoms with van der Waals surface area (Å²) in [5, 5.41) is 2.61. The van der Waals surface area contributed by atoms with E-state index in [1.54, 1.807) is 12.1 Å². The zero-order valence-corrected chi connectivity index (χ0v) is 17.9. The molecule has 0 atom stereocenters. The quantitative estimate of drug-likeness (QED) is 0.560. The number of carbonyl (C=O) groups excluding carboxylic acids is 2. The second-order valence-electron chi connectivity index (χ2n) is 5.92. The Labute approximate surface area is 179 Å². The lowest BCUT2D eigenvalue weighted by atomic mass is 10.1. The lowest BCUT2D eigenvalue weighted by Gasteiger charge is -2.11. The Balaban J connectivity index is 1.80. The second kappa shape index (κ2) is 10.6. The summed E-state index contributed by atoms with van der Waals surface area (Å²) in [5.74, 6) is -1.21. The smallest absolute Gasteiger partial charge is 0.307 e. The number of aryl methyl sites for hydroxylation is 1. The molecule has 29 heavy (non-hydrogen) atoms. The molecule has 1 amide bonds. The number of amides is 1. The van der Waals surface area contributed by atoms with Gasteiger partial charge >= 0.3 is 5.97 Å². The van der Waals surface area contributed by atoms with Crippen molar-refractivity contribution in [1.29, 1.82) is 0 Å². The molecule has 0 unspecified atom stereocenters. The Morgan fingerprint density at radius 3 is 2.34 bits per heavy atom. The van der Waals surface area contributed by atoms with E-state index >= 15 is 0 Å². The van der Waals surface area contributed by atoms with E-state index in [9.17, 15) is 18.0 Å². The van der Waals surface area contributed by atoms with Gasteiger partial charge in [0.2, 0.25) is 10.0 Å². The van der Waals surface area contributed by atoms with Crippen molar-refractivity contribution < 1.29 is 22.7 Å². The molecular formula is C19H20Cl2N2O5S. The van der Waals surface area contributed by atoms with E-state index in [1.165, 1.54) is 18.2 Å². The summed E-state index contributed by atoms with van der Waals surface area (Å²) in [4.78, 5) is 23.5. The van der Waals surface area contributed by atoms with E-state index in [1.807, 2.05) is 19.1 Å². The van der Waals surface area contributed by atoms with E-state index < -0.39 is 28.5 Å². The Morgan fingerprint density at radius 1 is 1.03 bits per heavy atom. The van der Waals surface area contributed by atoms with Gasteiger partial charge in [0, 0.05) is 12.2 Å². The van der Waals surface area contributed by atoms with Gasteiger partial charge in [0.05, 0.1) is 16.5 Å². The van der Waals surface area contributed by atoms with Crippen LogP contribution in [-0.2, 0) is 30.8 Å². The molecule has 0 fully saturated rings. The monoisotopic (exact) mass is 458 g/mol. The molecule has 0 spiro atoms. The van der Waals surface area contributed by atoms with Crippen LogP contribution >= 0.6 is 23.2 Å². The number of para-hydroxylation sites is 1. The van der Waals surface area contributed by atoms with Crippen molar-refractivity contribution in [2.24, 2.45) is 0 Å². The third-order valence-corrected chi connectivity index (χ3v) is 6.26. The molecule has 156 valence electrons. The zero-order valence-electron chi connectivity index (χ0n) is 15.6. The highest BCUT2D eigenvalue weighted by Gasteiger charge is 2.21. The summed E-state index contributed by atoms with van der Waals surface area (Å²) < 4.78 is 31.7. The normalized spacial score (nSPS) is 11.1. The van der Waals surface area contributed by atoms with Gasteiger partial charge < -0.3 is 10.1 Å². The number of benzene rings is 2. The van der Waals surface area contributed by atoms with Crippen LogP contribution in [0.25, 0.3) is 0 Å². The first kappa shape index (κ1) is 23.2. The fraction of sp³-hybridized carbons (Fsp3) is 0.263. The maximum Gasteiger partial charge on any atom is 0.307 e. The molecule has 0 aliphatic rings. The standard InChI is InChI=1S/C19H20Cl2N2O5S/c1-2-13-6-3-4-9-16(13)23-17(24)12-28-18(25)10-11-22-29(26,27)19-14(20)7-5-8-15(19)21/h3-9,22H,2,10-12H2,1H3,(H,23,24). The van der Waals surface area contributed by atoms with Crippen LogP contribution in [0.2, 0.25) is 10.0 Å². The molecule has 0 heterocycles. The van der Waals surface area contributed by atoms with Crippen molar-refractivity contribution in [2.45, 2.75) is 24.7 Å². The van der Waals surface area contributed by atoms with Crippen molar-refractivity contribution in [1.82, 2.24) is 4.72 Å². The molecule has 2 N–H and O–H groups in total. The van der Waals surface area contributed by atoms with Crippen LogP contribution in [0.3, 0.4) is 0 Å². The van der Waals surface area contributed by atoms with Crippen molar-refractivity contribution >= 4 is 50.8 Å². The first-order valence-corrected chi connectivity index (χ1v) is 11.0. The van der Waals surface area contributed by atoms with Crippen LogP contribution in [0.1, 0.15) is 18.9 Å². The van der Waals surface area contributed by atoms with Crippen LogP contribution in [0.5, 0.6) is 0 Å². The third kappa shape index (κ3) is 6.71. The highest BCUT2D eigenvalue weighted by atomic mass is 35.5. The SMILES string of the molecule is CCc1ccccc1NC(=O)COC(=O)CCNS(=O)(=O)c1c(Cl)cccc1Cl. The average Bonchev–Trinajstić information content (AvgIpc) is 2.66. The zero-order chi connectivity index (χ0) is 21.4. The molecule has 0 saturated heterocycles. The molecule has 2 aromatic carbocycles. The molecule has 0 aromatic heterocycles. The van der Waals surface area contributed by atoms with Crippen molar-refractivity contribution in [3.05, 3.63) is 58.1 Å². The predicted octanol–water partition coefficient (Wildman–Crippen LogP) is 3.41. The lowest BCUT2D eigenvalue weighted by molar-refractivity contribution is -0.147. The summed E-state index contributed by atoms with van der Waals surface area (Å²) in [7, 11) is -4.00. The van der Waals surface area contributed by atoms with E-state index in [0.29, 0.717) is 5.69 Å². The molecule has 7 nitrogen and oxygen atoms in total. The van der Waals surface area contributed by atoms with E-state index in [0.717, 1.165) is 12.0 Å². The third-order valence-electron chi connectivity index (χ3n) is 3.85. The number of esters is 1. The number of ether oxygens (including phenoxy) is 1. The van der Waals surface area contributed by atoms with E-state index in [4.69, 9.17) is 27.9 Å². The van der Waals surface area contributed by atoms with Crippen molar-refractivity contribution in [3.63, 3.8) is 0 Å². The molecule has 0 aliphatic heterocycles. The summed E-state index contributed by atoms with van der Waals surface area (Å²) >= 11 is 11.8. The van der Waals surface area contributed by atoms with E-state index in [-0.39, 0.29) is 27.9 Å². The minimum atomic E-state index is -4.00. The van der Waals surface area contributed by atoms with Crippen molar-refractivity contribution in [3.8, 4) is 0 Å². The fourth-order valence-corrected chi connectivity index (χ4v) is 4.63. The molecule has 2 aromatic rings. The molecular weight excluding hydrogens is 439 g/mol. The van der Waals surface area contributed by atoms with Gasteiger partial charge in [-0.2, -0.15) is 0 Å². The van der Waals surface area contributed by atoms with Gasteiger partial charge in [0.15, 0.2) is 6.61 Å². The number of hydrogen-bond acceptors (Lipinski definition) is 5. The van der Waals surface area contributed by atoms with Crippen LogP contribution in [0, 0.1) is 0 Å². The number of anilines is 1. The molecule has 10 heteroatoms. The number of halogens is 2. The Morgan fingerprint density at radius 2 is 1.69 bits per heavy atom. The van der Waals surface area contributed by atoms with E-state index in [2.05, 4.69) is 10.0 Å². The molecule has 0 bridgehead atoms. The van der Waals surface area contributed by atoms with Gasteiger partial charge in [0.25, 0.3) is 5.91 Å². The van der Waals surface area contributed by atoms with Crippen LogP contribution in [0.4, 0.5) is 5.69 Å². The molecule has 2 rings (SSSR count). The Bertz CT molecular complexity index is 976. The first-order chi connectivity index (χ1) is 13.7. The van der Waals surface area contributed by atoms with Crippen molar-refractivity contribution in [2.75, 3.05) is 18.5 Å². The minimum Gasteiger partial charge on any atom is -0.456 e. The number of rotatable bonds is 9. The second-order valence-corrected chi connectivity index (χ2v) is 8.44. The fourth-order valence-electron chi connectivity index (χ4n) is 2.45. The topological polar surface area (TPSA) is 102 Å². The lowest BCUT2D eigenvalue weighted by Crippen LogP contribution is -2.28. The summed E-state index contributed by atoms with van der Waals surface area (Å²) in [6.45, 7) is 1.25. The van der Waals surface area contributed by atoms with Crippen LogP contribution < -0.4 is 10.0 Å². The van der Waals surface area contributed by atoms with Crippen LogP contribution in [-0.4, -0.2) is 33.4 Å². The van der Waals surface area contributed by atoms with Gasteiger partial charge in [-0.3, -0.25) is 9.59 Å². The number of carbonyl (C=O) groups is 2. The summed E-state index contributed by atoms with van der Waals surface area (Å²) in [6, 6.07) is 11.6. The van der Waals surface area contributed by atoms with Gasteiger partial charge in [-0.05, 0) is 30.2 Å². The summed E-state index contributed by atoms with van der Waals surface area (Å²) in [6.07, 6.45) is 0.478. The Kier molecular flexibility index (Phi) is 8.45. The molecule has 0 aliphatic carbocycles. The maximum atomic E-state index is 12.3.